The molecule has 0 bridgehead atoms. The van der Waals surface area contributed by atoms with Crippen molar-refractivity contribution in [3.8, 4) is 0 Å². The number of alkyl halides is 2. The van der Waals surface area contributed by atoms with Crippen LogP contribution >= 0.6 is 23.2 Å². The van der Waals surface area contributed by atoms with E-state index in [0.717, 1.165) is 12.8 Å². The Bertz CT molecular complexity index is 303. The van der Waals surface area contributed by atoms with Crippen LogP contribution in [-0.2, 0) is 14.3 Å². The fourth-order valence-electron chi connectivity index (χ4n) is 2.13. The summed E-state index contributed by atoms with van der Waals surface area (Å²) in [5, 5.41) is 0. The van der Waals surface area contributed by atoms with Gasteiger partial charge in [0.25, 0.3) is 0 Å². The number of ether oxygens (including phenoxy) is 2. The third-order valence-corrected chi connectivity index (χ3v) is 4.64. The number of halogens is 2. The Morgan fingerprint density at radius 2 is 1.57 bits per heavy atom. The lowest BCUT2D eigenvalue weighted by Gasteiger charge is -2.38. The average Bonchev–Trinajstić information content (AvgIpc) is 2.37. The van der Waals surface area contributed by atoms with E-state index in [4.69, 9.17) is 27.9 Å². The van der Waals surface area contributed by atoms with Crippen molar-refractivity contribution in [1.82, 2.24) is 0 Å². The fraction of sp³-hybridized carbons (Fsp3) is 0.944. The van der Waals surface area contributed by atoms with Crippen molar-refractivity contribution in [2.75, 3.05) is 6.61 Å². The quantitative estimate of drug-likeness (QED) is 0.257. The van der Waals surface area contributed by atoms with Crippen molar-refractivity contribution < 1.29 is 14.3 Å². The number of hydrogen-bond acceptors (Lipinski definition) is 3. The summed E-state index contributed by atoms with van der Waals surface area (Å²) in [6.45, 7) is 13.8. The molecule has 23 heavy (non-hydrogen) atoms. The zero-order valence-electron chi connectivity index (χ0n) is 16.0. The molecule has 0 amide bonds. The highest BCUT2D eigenvalue weighted by Gasteiger charge is 2.43. The summed E-state index contributed by atoms with van der Waals surface area (Å²) in [4.78, 5) is 9.82. The predicted molar refractivity (Wildman–Crippen MR) is 100 cm³/mol. The molecular weight excluding hydrogens is 335 g/mol. The summed E-state index contributed by atoms with van der Waals surface area (Å²) in [5.41, 5.74) is -0.505. The van der Waals surface area contributed by atoms with Crippen molar-refractivity contribution in [2.24, 2.45) is 0 Å². The van der Waals surface area contributed by atoms with Crippen LogP contribution in [0.25, 0.3) is 0 Å². The van der Waals surface area contributed by atoms with E-state index in [9.17, 15) is 4.79 Å². The van der Waals surface area contributed by atoms with Crippen LogP contribution in [-0.4, -0.2) is 28.6 Å². The zero-order chi connectivity index (χ0) is 18.5. The topological polar surface area (TPSA) is 35.5 Å². The zero-order valence-corrected chi connectivity index (χ0v) is 17.5. The molecule has 5 heteroatoms. The number of rotatable bonds is 10. The lowest BCUT2D eigenvalue weighted by molar-refractivity contribution is -0.140. The van der Waals surface area contributed by atoms with E-state index >= 15 is 0 Å². The Balaban J connectivity index is 0. The van der Waals surface area contributed by atoms with Crippen molar-refractivity contribution >= 4 is 29.2 Å². The molecule has 0 aromatic rings. The van der Waals surface area contributed by atoms with Crippen LogP contribution in [0.4, 0.5) is 0 Å². The Hall–Kier alpha value is 0.01000. The summed E-state index contributed by atoms with van der Waals surface area (Å²) in [6.07, 6.45) is 7.02. The maximum absolute atomic E-state index is 9.82. The summed E-state index contributed by atoms with van der Waals surface area (Å²) in [7, 11) is 0. The van der Waals surface area contributed by atoms with Crippen molar-refractivity contribution in [2.45, 2.75) is 103 Å². The van der Waals surface area contributed by atoms with Gasteiger partial charge in [0.15, 0.2) is 0 Å². The molecule has 140 valence electrons. The van der Waals surface area contributed by atoms with Crippen LogP contribution < -0.4 is 0 Å². The van der Waals surface area contributed by atoms with Gasteiger partial charge < -0.3 is 9.47 Å². The first-order chi connectivity index (χ1) is 10.5. The standard InChI is InChI=1S/C14H28Cl2O.C4H8O2/c1-6-7-8-9-10-11-14(15,16)13(4,5)17-12(2)3;1-3-6-4(2)5/h12H,6-11H2,1-5H3;3H2,1-2H3. The molecule has 0 saturated carbocycles. The number of carbonyl (C=O) groups is 1. The Morgan fingerprint density at radius 1 is 1.04 bits per heavy atom. The molecule has 0 spiro atoms. The van der Waals surface area contributed by atoms with E-state index in [0.29, 0.717) is 6.61 Å². The largest absolute Gasteiger partial charge is 0.466 e. The summed E-state index contributed by atoms with van der Waals surface area (Å²) in [6, 6.07) is 0. The van der Waals surface area contributed by atoms with Crippen LogP contribution in [0.1, 0.15) is 87.0 Å². The highest BCUT2D eigenvalue weighted by Crippen LogP contribution is 2.41. The van der Waals surface area contributed by atoms with Gasteiger partial charge in [0.2, 0.25) is 0 Å². The minimum Gasteiger partial charge on any atom is -0.466 e. The maximum atomic E-state index is 9.82. The third kappa shape index (κ3) is 14.1. The molecule has 0 atom stereocenters. The molecule has 0 fully saturated rings. The van der Waals surface area contributed by atoms with Gasteiger partial charge in [-0.3, -0.25) is 4.79 Å². The van der Waals surface area contributed by atoms with Crippen LogP contribution in [0.5, 0.6) is 0 Å². The van der Waals surface area contributed by atoms with Gasteiger partial charge in [0.1, 0.15) is 4.33 Å². The Kier molecular flexibility index (Phi) is 14.6. The first-order valence-corrected chi connectivity index (χ1v) is 9.44. The Labute approximate surface area is 153 Å². The van der Waals surface area contributed by atoms with E-state index in [1.54, 1.807) is 6.92 Å². The van der Waals surface area contributed by atoms with Crippen LogP contribution in [0.3, 0.4) is 0 Å². The van der Waals surface area contributed by atoms with Crippen molar-refractivity contribution in [1.29, 1.82) is 0 Å². The summed E-state index contributed by atoms with van der Waals surface area (Å²) in [5.74, 6) is -0.211. The number of unbranched alkanes of at least 4 members (excludes halogenated alkanes) is 4. The smallest absolute Gasteiger partial charge is 0.302 e. The molecule has 0 unspecified atom stereocenters. The molecular formula is C18H36Cl2O3. The molecule has 0 N–H and O–H groups in total. The van der Waals surface area contributed by atoms with E-state index < -0.39 is 9.93 Å². The van der Waals surface area contributed by atoms with Gasteiger partial charge in [-0.25, -0.2) is 0 Å². The number of hydrogen-bond donors (Lipinski definition) is 0. The van der Waals surface area contributed by atoms with Gasteiger partial charge in [0.05, 0.1) is 18.3 Å². The van der Waals surface area contributed by atoms with Crippen molar-refractivity contribution in [3.05, 3.63) is 0 Å². The van der Waals surface area contributed by atoms with E-state index in [-0.39, 0.29) is 12.1 Å². The normalized spacial score (nSPS) is 11.9. The van der Waals surface area contributed by atoms with Gasteiger partial charge >= 0.3 is 5.97 Å². The van der Waals surface area contributed by atoms with Crippen LogP contribution in [0, 0.1) is 0 Å². The maximum Gasteiger partial charge on any atom is 0.302 e. The average molecular weight is 371 g/mol. The molecule has 0 saturated heterocycles. The van der Waals surface area contributed by atoms with E-state index in [2.05, 4.69) is 11.7 Å². The second kappa shape index (κ2) is 13.3. The first-order valence-electron chi connectivity index (χ1n) is 8.69. The number of carbonyl (C=O) groups excluding carboxylic acids is 1. The second-order valence-corrected chi connectivity index (χ2v) is 7.95. The monoisotopic (exact) mass is 370 g/mol. The van der Waals surface area contributed by atoms with Crippen LogP contribution in [0.2, 0.25) is 0 Å². The lowest BCUT2D eigenvalue weighted by Crippen LogP contribution is -2.45. The van der Waals surface area contributed by atoms with Gasteiger partial charge in [-0.05, 0) is 41.0 Å². The van der Waals surface area contributed by atoms with Gasteiger partial charge in [-0.1, -0.05) is 62.2 Å². The molecule has 0 aromatic heterocycles. The fourth-order valence-corrected chi connectivity index (χ4v) is 2.49. The molecule has 0 rings (SSSR count). The molecule has 0 aliphatic carbocycles. The molecule has 0 aromatic carbocycles. The molecule has 0 radical (unpaired) electrons. The molecule has 0 aliphatic heterocycles. The lowest BCUT2D eigenvalue weighted by atomic mass is 9.97. The van der Waals surface area contributed by atoms with Gasteiger partial charge in [-0.15, -0.1) is 0 Å². The summed E-state index contributed by atoms with van der Waals surface area (Å²) < 4.78 is 9.42. The minimum absolute atomic E-state index is 0.141. The molecule has 0 aliphatic rings. The third-order valence-electron chi connectivity index (χ3n) is 3.35. The number of esters is 1. The SMILES string of the molecule is CCCCCCCC(Cl)(Cl)C(C)(C)OC(C)C.CCOC(C)=O. The van der Waals surface area contributed by atoms with Crippen molar-refractivity contribution in [3.63, 3.8) is 0 Å². The minimum atomic E-state index is -0.802. The van der Waals surface area contributed by atoms with Crippen LogP contribution in [0.15, 0.2) is 0 Å². The van der Waals surface area contributed by atoms with Gasteiger partial charge in [-0.2, -0.15) is 0 Å². The summed E-state index contributed by atoms with van der Waals surface area (Å²) >= 11 is 12.9. The first kappa shape index (κ1) is 25.3. The second-order valence-electron chi connectivity index (χ2n) is 6.47. The van der Waals surface area contributed by atoms with E-state index in [1.807, 2.05) is 27.7 Å². The molecule has 3 nitrogen and oxygen atoms in total. The molecule has 0 heterocycles. The van der Waals surface area contributed by atoms with E-state index in [1.165, 1.54) is 32.6 Å². The highest BCUT2D eigenvalue weighted by atomic mass is 35.5. The Morgan fingerprint density at radius 3 is 1.91 bits per heavy atom. The predicted octanol–water partition coefficient (Wildman–Crippen LogP) is 6.29. The van der Waals surface area contributed by atoms with Gasteiger partial charge in [0, 0.05) is 6.92 Å². The highest BCUT2D eigenvalue weighted by molar-refractivity contribution is 6.49.